The summed E-state index contributed by atoms with van der Waals surface area (Å²) in [6, 6.07) is 11.0. The molecule has 5 nitrogen and oxygen atoms in total. The van der Waals surface area contributed by atoms with Crippen molar-refractivity contribution in [3.63, 3.8) is 0 Å². The van der Waals surface area contributed by atoms with Gasteiger partial charge in [-0.2, -0.15) is 13.9 Å². The van der Waals surface area contributed by atoms with Gasteiger partial charge in [0.2, 0.25) is 0 Å². The summed E-state index contributed by atoms with van der Waals surface area (Å²) in [4.78, 5) is 2.08. The minimum Gasteiger partial charge on any atom is -0.434 e. The van der Waals surface area contributed by atoms with Crippen molar-refractivity contribution in [2.45, 2.75) is 19.7 Å². The number of likely N-dealkylation sites (N-methyl/N-ethyl adjacent to an activating group) is 1. The van der Waals surface area contributed by atoms with Gasteiger partial charge in [-0.05, 0) is 30.9 Å². The summed E-state index contributed by atoms with van der Waals surface area (Å²) in [6.45, 7) is -0.828. The Bertz CT molecular complexity index is 864. The van der Waals surface area contributed by atoms with E-state index in [9.17, 15) is 8.78 Å². The van der Waals surface area contributed by atoms with Crippen molar-refractivity contribution in [3.8, 4) is 5.75 Å². The number of anilines is 1. The van der Waals surface area contributed by atoms with Crippen LogP contribution in [0.1, 0.15) is 5.56 Å². The Hall–Kier alpha value is -2.67. The highest BCUT2D eigenvalue weighted by atomic mass is 19.3. The van der Waals surface area contributed by atoms with E-state index < -0.39 is 6.61 Å². The van der Waals surface area contributed by atoms with Crippen LogP contribution < -0.4 is 10.1 Å². The molecule has 1 aromatic heterocycles. The lowest BCUT2D eigenvalue weighted by atomic mass is 10.0. The quantitative estimate of drug-likeness (QED) is 0.663. The molecule has 3 rings (SSSR count). The molecule has 3 aromatic rings. The van der Waals surface area contributed by atoms with Gasteiger partial charge >= 0.3 is 6.61 Å². The monoisotopic (exact) mass is 360 g/mol. The van der Waals surface area contributed by atoms with Crippen LogP contribution in [0.5, 0.6) is 5.75 Å². The van der Waals surface area contributed by atoms with Crippen LogP contribution >= 0.6 is 0 Å². The van der Waals surface area contributed by atoms with E-state index in [4.69, 9.17) is 4.74 Å². The molecule has 0 saturated heterocycles. The third-order valence-corrected chi connectivity index (χ3v) is 4.09. The van der Waals surface area contributed by atoms with E-state index in [0.717, 1.165) is 29.5 Å². The van der Waals surface area contributed by atoms with Gasteiger partial charge in [-0.25, -0.2) is 0 Å². The number of hydrogen-bond acceptors (Lipinski definition) is 4. The summed E-state index contributed by atoms with van der Waals surface area (Å²) in [5.41, 5.74) is 1.53. The zero-order valence-corrected chi connectivity index (χ0v) is 14.8. The molecule has 138 valence electrons. The summed E-state index contributed by atoms with van der Waals surface area (Å²) in [6.07, 6.45) is 3.64. The summed E-state index contributed by atoms with van der Waals surface area (Å²) in [5.74, 6) is 0.186. The Morgan fingerprint density at radius 1 is 1.19 bits per heavy atom. The van der Waals surface area contributed by atoms with Gasteiger partial charge < -0.3 is 15.0 Å². The van der Waals surface area contributed by atoms with Crippen molar-refractivity contribution in [1.82, 2.24) is 14.7 Å². The lowest BCUT2D eigenvalue weighted by Crippen LogP contribution is -2.18. The highest BCUT2D eigenvalue weighted by Crippen LogP contribution is 2.30. The number of halogens is 2. The van der Waals surface area contributed by atoms with Gasteiger partial charge in [-0.15, -0.1) is 0 Å². The molecule has 26 heavy (non-hydrogen) atoms. The fourth-order valence-electron chi connectivity index (χ4n) is 2.77. The Morgan fingerprint density at radius 2 is 2.00 bits per heavy atom. The first-order chi connectivity index (χ1) is 12.5. The molecule has 0 aliphatic carbocycles. The highest BCUT2D eigenvalue weighted by Gasteiger charge is 2.13. The molecule has 0 amide bonds. The molecular weight excluding hydrogens is 338 g/mol. The van der Waals surface area contributed by atoms with Crippen LogP contribution in [0.3, 0.4) is 0 Å². The number of fused-ring (bicyclic) bond motifs is 1. The second-order valence-electron chi connectivity index (χ2n) is 6.29. The number of alkyl halides is 2. The molecule has 1 heterocycles. The number of ether oxygens (including phenoxy) is 1. The van der Waals surface area contributed by atoms with E-state index >= 15 is 0 Å². The van der Waals surface area contributed by atoms with Gasteiger partial charge in [0.05, 0.1) is 18.4 Å². The average Bonchev–Trinajstić information content (AvgIpc) is 3.06. The SMILES string of the molecule is CN(C)CCn1cc(NCc2c(OC(F)F)ccc3ccccc23)cn1. The van der Waals surface area contributed by atoms with Gasteiger partial charge in [0.15, 0.2) is 0 Å². The van der Waals surface area contributed by atoms with Crippen LogP contribution in [0.15, 0.2) is 48.8 Å². The lowest BCUT2D eigenvalue weighted by molar-refractivity contribution is -0.0502. The van der Waals surface area contributed by atoms with Gasteiger partial charge in [-0.1, -0.05) is 30.3 Å². The van der Waals surface area contributed by atoms with E-state index in [2.05, 4.69) is 15.3 Å². The van der Waals surface area contributed by atoms with Crippen molar-refractivity contribution in [2.24, 2.45) is 0 Å². The van der Waals surface area contributed by atoms with Crippen molar-refractivity contribution < 1.29 is 13.5 Å². The van der Waals surface area contributed by atoms with Crippen LogP contribution in [0.25, 0.3) is 10.8 Å². The normalized spacial score (nSPS) is 11.5. The molecule has 0 atom stereocenters. The Labute approximate surface area is 151 Å². The molecule has 0 bridgehead atoms. The van der Waals surface area contributed by atoms with Gasteiger partial charge in [0.1, 0.15) is 5.75 Å². The third-order valence-electron chi connectivity index (χ3n) is 4.09. The zero-order valence-electron chi connectivity index (χ0n) is 14.8. The summed E-state index contributed by atoms with van der Waals surface area (Å²) < 4.78 is 32.1. The molecule has 0 aliphatic rings. The van der Waals surface area contributed by atoms with Crippen LogP contribution in [-0.2, 0) is 13.1 Å². The molecule has 1 N–H and O–H groups in total. The molecule has 0 radical (unpaired) electrons. The smallest absolute Gasteiger partial charge is 0.387 e. The van der Waals surface area contributed by atoms with E-state index in [-0.39, 0.29) is 5.75 Å². The number of hydrogen-bond donors (Lipinski definition) is 1. The summed E-state index contributed by atoms with van der Waals surface area (Å²) >= 11 is 0. The van der Waals surface area contributed by atoms with Crippen molar-refractivity contribution >= 4 is 16.5 Å². The lowest BCUT2D eigenvalue weighted by Gasteiger charge is -2.14. The minimum atomic E-state index is -2.86. The van der Waals surface area contributed by atoms with Crippen molar-refractivity contribution in [3.05, 3.63) is 54.4 Å². The third kappa shape index (κ3) is 4.49. The standard InChI is InChI=1S/C19H22F2N4O/c1-24(2)9-10-25-13-15(11-23-25)22-12-17-16-6-4-3-5-14(16)7-8-18(17)26-19(20)21/h3-8,11,13,19,22H,9-10,12H2,1-2H3. The maximum atomic E-state index is 12.8. The summed E-state index contributed by atoms with van der Waals surface area (Å²) in [5, 5.41) is 9.43. The van der Waals surface area contributed by atoms with Gasteiger partial charge in [0.25, 0.3) is 0 Å². The Kier molecular flexibility index (Phi) is 5.68. The first kappa shape index (κ1) is 18.1. The van der Waals surface area contributed by atoms with E-state index in [0.29, 0.717) is 12.1 Å². The second-order valence-corrected chi connectivity index (χ2v) is 6.29. The topological polar surface area (TPSA) is 42.3 Å². The maximum absolute atomic E-state index is 12.8. The average molecular weight is 360 g/mol. The largest absolute Gasteiger partial charge is 0.434 e. The number of rotatable bonds is 8. The van der Waals surface area contributed by atoms with E-state index in [1.807, 2.05) is 49.2 Å². The van der Waals surface area contributed by atoms with Crippen molar-refractivity contribution in [2.75, 3.05) is 26.0 Å². The number of nitrogens with zero attached hydrogens (tertiary/aromatic N) is 3. The van der Waals surface area contributed by atoms with E-state index in [1.54, 1.807) is 18.3 Å². The molecule has 0 saturated carbocycles. The molecule has 0 unspecified atom stereocenters. The highest BCUT2D eigenvalue weighted by molar-refractivity contribution is 5.88. The first-order valence-electron chi connectivity index (χ1n) is 8.39. The van der Waals surface area contributed by atoms with Crippen LogP contribution in [0.4, 0.5) is 14.5 Å². The Balaban J connectivity index is 1.79. The predicted octanol–water partition coefficient (Wildman–Crippen LogP) is 3.81. The minimum absolute atomic E-state index is 0.186. The number of nitrogens with one attached hydrogen (secondary N) is 1. The molecule has 0 aliphatic heterocycles. The summed E-state index contributed by atoms with van der Waals surface area (Å²) in [7, 11) is 4.02. The fourth-order valence-corrected chi connectivity index (χ4v) is 2.77. The predicted molar refractivity (Wildman–Crippen MR) is 98.7 cm³/mol. The van der Waals surface area contributed by atoms with Crippen LogP contribution in [-0.4, -0.2) is 41.9 Å². The first-order valence-corrected chi connectivity index (χ1v) is 8.39. The zero-order chi connectivity index (χ0) is 18.5. The van der Waals surface area contributed by atoms with Gasteiger partial charge in [0, 0.05) is 24.8 Å². The fraction of sp³-hybridized carbons (Fsp3) is 0.316. The van der Waals surface area contributed by atoms with Crippen LogP contribution in [0.2, 0.25) is 0 Å². The molecule has 2 aromatic carbocycles. The molecular formula is C19H22F2N4O. The number of aromatic nitrogens is 2. The Morgan fingerprint density at radius 3 is 2.77 bits per heavy atom. The molecule has 0 spiro atoms. The molecule has 0 fully saturated rings. The second kappa shape index (κ2) is 8.14. The maximum Gasteiger partial charge on any atom is 0.387 e. The van der Waals surface area contributed by atoms with Crippen LogP contribution in [0, 0.1) is 0 Å². The van der Waals surface area contributed by atoms with E-state index in [1.165, 1.54) is 0 Å². The molecule has 7 heteroatoms. The van der Waals surface area contributed by atoms with Gasteiger partial charge in [-0.3, -0.25) is 4.68 Å². The number of benzene rings is 2. The van der Waals surface area contributed by atoms with Crippen molar-refractivity contribution in [1.29, 1.82) is 0 Å².